The first-order chi connectivity index (χ1) is 18.6. The van der Waals surface area contributed by atoms with Crippen molar-refractivity contribution in [1.82, 2.24) is 25.8 Å². The van der Waals surface area contributed by atoms with Gasteiger partial charge in [-0.05, 0) is 30.4 Å². The molecule has 2 aromatic carbocycles. The van der Waals surface area contributed by atoms with Crippen molar-refractivity contribution in [2.45, 2.75) is 37.8 Å². The Bertz CT molecular complexity index is 1330. The van der Waals surface area contributed by atoms with Gasteiger partial charge in [-0.15, -0.1) is 0 Å². The van der Waals surface area contributed by atoms with Crippen LogP contribution >= 0.6 is 0 Å². The Morgan fingerprint density at radius 2 is 1.82 bits per heavy atom. The van der Waals surface area contributed by atoms with Crippen LogP contribution in [0.3, 0.4) is 0 Å². The predicted octanol–water partition coefficient (Wildman–Crippen LogP) is 0.743. The molecular weight excluding hydrogens is 508 g/mol. The van der Waals surface area contributed by atoms with Gasteiger partial charge in [-0.2, -0.15) is 0 Å². The molecule has 5 amide bonds. The largest absolute Gasteiger partial charge is 0.481 e. The summed E-state index contributed by atoms with van der Waals surface area (Å²) in [6.45, 7) is 0.0768. The van der Waals surface area contributed by atoms with Crippen LogP contribution in [0, 0.1) is 0 Å². The number of carbonyl (C=O) groups excluding carboxylic acids is 5. The van der Waals surface area contributed by atoms with Gasteiger partial charge in [0, 0.05) is 43.7 Å². The lowest BCUT2D eigenvalue weighted by Crippen LogP contribution is -2.64. The van der Waals surface area contributed by atoms with Crippen molar-refractivity contribution in [2.24, 2.45) is 0 Å². The average Bonchev–Trinajstić information content (AvgIpc) is 3.03. The van der Waals surface area contributed by atoms with Gasteiger partial charge in [0.1, 0.15) is 12.3 Å². The minimum absolute atomic E-state index is 0.0901. The highest BCUT2D eigenvalue weighted by molar-refractivity contribution is 6.10. The number of carbonyl (C=O) groups is 6. The molecule has 0 unspecified atom stereocenters. The quantitative estimate of drug-likeness (QED) is 0.415. The highest BCUT2D eigenvalue weighted by Gasteiger charge is 2.44. The zero-order chi connectivity index (χ0) is 28.3. The third-order valence-corrected chi connectivity index (χ3v) is 6.72. The number of aliphatic carboxylic acids is 1. The summed E-state index contributed by atoms with van der Waals surface area (Å²) in [6.07, 6.45) is 0.183. The molecule has 2 aromatic rings. The van der Waals surface area contributed by atoms with Crippen LogP contribution < -0.4 is 15.6 Å². The van der Waals surface area contributed by atoms with Crippen LogP contribution in [0.1, 0.15) is 36.0 Å². The molecule has 0 radical (unpaired) electrons. The topological polar surface area (TPSA) is 160 Å². The van der Waals surface area contributed by atoms with Crippen LogP contribution in [-0.4, -0.2) is 95.4 Å². The second-order valence-electron chi connectivity index (χ2n) is 9.57. The van der Waals surface area contributed by atoms with Crippen molar-refractivity contribution >= 4 is 52.5 Å². The van der Waals surface area contributed by atoms with Crippen LogP contribution in [0.2, 0.25) is 0 Å². The fraction of sp³-hybridized carbons (Fsp3) is 0.385. The van der Waals surface area contributed by atoms with E-state index in [1.807, 2.05) is 31.1 Å². The molecule has 2 aliphatic heterocycles. The number of amides is 5. The zero-order valence-electron chi connectivity index (χ0n) is 21.6. The van der Waals surface area contributed by atoms with Gasteiger partial charge in [0.25, 0.3) is 5.91 Å². The van der Waals surface area contributed by atoms with Crippen LogP contribution in [0.4, 0.5) is 10.5 Å². The average molecular weight is 539 g/mol. The lowest BCUT2D eigenvalue weighted by atomic mass is 10.0. The molecule has 0 bridgehead atoms. The normalized spacial score (nSPS) is 18.2. The second kappa shape index (κ2) is 11.4. The van der Waals surface area contributed by atoms with Gasteiger partial charge < -0.3 is 20.1 Å². The molecule has 0 aromatic heterocycles. The van der Waals surface area contributed by atoms with Crippen LogP contribution in [0.15, 0.2) is 36.4 Å². The number of hydrogen-bond acceptors (Lipinski definition) is 7. The molecule has 2 fully saturated rings. The molecule has 0 aliphatic carbocycles. The predicted molar refractivity (Wildman–Crippen MR) is 139 cm³/mol. The molecule has 0 spiro atoms. The van der Waals surface area contributed by atoms with Gasteiger partial charge in [-0.3, -0.25) is 24.6 Å². The molecule has 13 nitrogen and oxygen atoms in total. The number of nitrogens with zero attached hydrogens (tertiary/aromatic N) is 4. The summed E-state index contributed by atoms with van der Waals surface area (Å²) < 4.78 is 0. The Balaban J connectivity index is 1.60. The Kier molecular flexibility index (Phi) is 7.98. The molecule has 2 heterocycles. The fourth-order valence-corrected chi connectivity index (χ4v) is 4.87. The third-order valence-electron chi connectivity index (χ3n) is 6.72. The molecule has 2 aliphatic rings. The van der Waals surface area contributed by atoms with Crippen molar-refractivity contribution in [3.63, 3.8) is 0 Å². The fourth-order valence-electron chi connectivity index (χ4n) is 4.87. The van der Waals surface area contributed by atoms with Crippen molar-refractivity contribution in [3.8, 4) is 0 Å². The van der Waals surface area contributed by atoms with E-state index in [1.165, 1.54) is 5.01 Å². The zero-order valence-corrected chi connectivity index (χ0v) is 21.6. The van der Waals surface area contributed by atoms with Crippen LogP contribution in [-0.2, 0) is 19.2 Å². The van der Waals surface area contributed by atoms with E-state index in [0.717, 1.165) is 21.1 Å². The molecule has 13 heteroatoms. The Morgan fingerprint density at radius 1 is 1.10 bits per heavy atom. The van der Waals surface area contributed by atoms with E-state index in [9.17, 15) is 28.8 Å². The maximum absolute atomic E-state index is 13.6. The van der Waals surface area contributed by atoms with E-state index in [1.54, 1.807) is 24.3 Å². The molecular formula is C26H30N6O7. The standard InChI is InChI=1S/C26H30N6O7/c1-29(2)20-10-9-19(17-6-3-4-7-18(17)20)24(37)28-30-13-11-22(34)31-12-5-8-21(32(31)26(30)39)25(38)27-16(15-33)14-23(35)36/h3-4,6-7,9-10,15-16,21H,5,8,11-14H2,1-2H3,(H,27,38)(H,28,37)(H,35,36)/t16-,21-/m0/s1. The van der Waals surface area contributed by atoms with E-state index in [4.69, 9.17) is 5.11 Å². The number of fused-ring (bicyclic) bond motifs is 2. The van der Waals surface area contributed by atoms with E-state index in [2.05, 4.69) is 10.7 Å². The van der Waals surface area contributed by atoms with Crippen LogP contribution in [0.25, 0.3) is 10.8 Å². The lowest BCUT2D eigenvalue weighted by molar-refractivity contribution is -0.155. The number of anilines is 1. The molecule has 39 heavy (non-hydrogen) atoms. The first-order valence-corrected chi connectivity index (χ1v) is 12.5. The molecule has 2 atom stereocenters. The minimum atomic E-state index is -1.29. The Morgan fingerprint density at radius 3 is 2.49 bits per heavy atom. The monoisotopic (exact) mass is 538 g/mol. The maximum Gasteiger partial charge on any atom is 0.358 e. The van der Waals surface area contributed by atoms with Gasteiger partial charge in [0.2, 0.25) is 11.8 Å². The van der Waals surface area contributed by atoms with Gasteiger partial charge in [-0.1, -0.05) is 24.3 Å². The van der Waals surface area contributed by atoms with Crippen molar-refractivity contribution in [2.75, 3.05) is 32.1 Å². The summed E-state index contributed by atoms with van der Waals surface area (Å²) >= 11 is 0. The summed E-state index contributed by atoms with van der Waals surface area (Å²) in [7, 11) is 3.79. The second-order valence-corrected chi connectivity index (χ2v) is 9.57. The number of urea groups is 1. The summed E-state index contributed by atoms with van der Waals surface area (Å²) in [4.78, 5) is 77.2. The van der Waals surface area contributed by atoms with Crippen molar-refractivity contribution in [3.05, 3.63) is 42.0 Å². The number of benzene rings is 2. The van der Waals surface area contributed by atoms with E-state index >= 15 is 0 Å². The number of nitrogens with one attached hydrogen (secondary N) is 2. The number of carboxylic acid groups (broad SMARTS) is 1. The number of hydrazine groups is 2. The third kappa shape index (κ3) is 5.61. The molecule has 2 saturated heterocycles. The molecule has 4 rings (SSSR count). The smallest absolute Gasteiger partial charge is 0.358 e. The summed E-state index contributed by atoms with van der Waals surface area (Å²) in [5, 5.41) is 16.0. The Hall–Kier alpha value is -4.68. The maximum atomic E-state index is 13.6. The Labute approximate surface area is 224 Å². The van der Waals surface area contributed by atoms with Crippen molar-refractivity contribution < 1.29 is 33.9 Å². The SMILES string of the molecule is CN(C)c1ccc(C(=O)NN2CCC(=O)N3CCC[C@@H](C(=O)N[C@H](C=O)CC(=O)O)N3C2=O)c2ccccc12. The highest BCUT2D eigenvalue weighted by Crippen LogP contribution is 2.29. The molecule has 3 N–H and O–H groups in total. The van der Waals surface area contributed by atoms with Gasteiger partial charge in [0.05, 0.1) is 19.0 Å². The highest BCUT2D eigenvalue weighted by atomic mass is 16.4. The number of hydrogen-bond donors (Lipinski definition) is 3. The lowest BCUT2D eigenvalue weighted by Gasteiger charge is -2.42. The number of rotatable bonds is 8. The van der Waals surface area contributed by atoms with E-state index < -0.39 is 48.2 Å². The first-order valence-electron chi connectivity index (χ1n) is 12.5. The number of carboxylic acids is 1. The van der Waals surface area contributed by atoms with Crippen molar-refractivity contribution in [1.29, 1.82) is 0 Å². The number of aldehydes is 1. The van der Waals surface area contributed by atoms with Crippen LogP contribution in [0.5, 0.6) is 0 Å². The molecule has 0 saturated carbocycles. The van der Waals surface area contributed by atoms with Gasteiger partial charge in [-0.25, -0.2) is 19.8 Å². The summed E-state index contributed by atoms with van der Waals surface area (Å²) in [5.74, 6) is -3.02. The van der Waals surface area contributed by atoms with Gasteiger partial charge >= 0.3 is 12.0 Å². The first kappa shape index (κ1) is 27.4. The summed E-state index contributed by atoms with van der Waals surface area (Å²) in [6, 6.07) is 7.57. The van der Waals surface area contributed by atoms with E-state index in [0.29, 0.717) is 23.7 Å². The van der Waals surface area contributed by atoms with Gasteiger partial charge in [0.15, 0.2) is 0 Å². The minimum Gasteiger partial charge on any atom is -0.481 e. The summed E-state index contributed by atoms with van der Waals surface area (Å²) in [5.41, 5.74) is 3.84. The van der Waals surface area contributed by atoms with E-state index in [-0.39, 0.29) is 25.9 Å². The molecule has 206 valence electrons.